The van der Waals surface area contributed by atoms with Crippen LogP contribution >= 0.6 is 11.3 Å². The van der Waals surface area contributed by atoms with E-state index < -0.39 is 4.92 Å². The molecule has 0 unspecified atom stereocenters. The van der Waals surface area contributed by atoms with E-state index >= 15 is 0 Å². The first-order valence-electron chi connectivity index (χ1n) is 11.0. The molecule has 1 aliphatic heterocycles. The summed E-state index contributed by atoms with van der Waals surface area (Å²) in [7, 11) is 0. The Morgan fingerprint density at radius 3 is 2.71 bits per heavy atom. The molecule has 182 valence electrons. The number of nitrogens with one attached hydrogen (secondary N) is 1. The van der Waals surface area contributed by atoms with Crippen LogP contribution in [0.25, 0.3) is 0 Å². The van der Waals surface area contributed by atoms with Gasteiger partial charge >= 0.3 is 11.9 Å². The Bertz CT molecular complexity index is 1050. The number of piperidine rings is 1. The fourth-order valence-electron chi connectivity index (χ4n) is 3.62. The van der Waals surface area contributed by atoms with Crippen molar-refractivity contribution in [3.8, 4) is 0 Å². The van der Waals surface area contributed by atoms with Crippen LogP contribution in [0.4, 0.5) is 16.5 Å². The number of esters is 2. The number of thiazole rings is 1. The van der Waals surface area contributed by atoms with Crippen LogP contribution in [0.3, 0.4) is 0 Å². The number of rotatable bonds is 10. The minimum atomic E-state index is -0.454. The van der Waals surface area contributed by atoms with Crippen molar-refractivity contribution >= 4 is 46.0 Å². The number of aromatic nitrogens is 1. The van der Waals surface area contributed by atoms with E-state index in [1.165, 1.54) is 29.7 Å². The molecule has 0 amide bonds. The summed E-state index contributed by atoms with van der Waals surface area (Å²) in [4.78, 5) is 40.8. The summed E-state index contributed by atoms with van der Waals surface area (Å²) in [5.74, 6) is -0.667. The van der Waals surface area contributed by atoms with Crippen molar-refractivity contribution in [3.05, 3.63) is 45.0 Å². The van der Waals surface area contributed by atoms with Gasteiger partial charge in [-0.25, -0.2) is 4.98 Å². The zero-order chi connectivity index (χ0) is 24.5. The zero-order valence-corrected chi connectivity index (χ0v) is 19.9. The van der Waals surface area contributed by atoms with E-state index in [0.29, 0.717) is 55.5 Å². The number of hydrogen-bond donors (Lipinski definition) is 1. The van der Waals surface area contributed by atoms with Crippen molar-refractivity contribution in [2.24, 2.45) is 11.0 Å². The van der Waals surface area contributed by atoms with Gasteiger partial charge in [0.05, 0.1) is 42.4 Å². The number of hydrazone groups is 1. The van der Waals surface area contributed by atoms with Gasteiger partial charge < -0.3 is 14.4 Å². The molecule has 1 aromatic carbocycles. The Morgan fingerprint density at radius 2 is 2.03 bits per heavy atom. The second kappa shape index (κ2) is 12.1. The van der Waals surface area contributed by atoms with E-state index in [1.54, 1.807) is 25.3 Å². The smallest absolute Gasteiger partial charge is 0.311 e. The lowest BCUT2D eigenvalue weighted by atomic mass is 9.96. The second-order valence-corrected chi connectivity index (χ2v) is 8.37. The number of nitrogens with zero attached hydrogens (tertiary/aromatic N) is 4. The highest BCUT2D eigenvalue weighted by molar-refractivity contribution is 7.13. The van der Waals surface area contributed by atoms with E-state index in [4.69, 9.17) is 9.47 Å². The van der Waals surface area contributed by atoms with Crippen LogP contribution in [0.1, 0.15) is 37.9 Å². The largest absolute Gasteiger partial charge is 0.466 e. The first-order valence-corrected chi connectivity index (χ1v) is 11.9. The van der Waals surface area contributed by atoms with Crippen LogP contribution in [0, 0.1) is 16.0 Å². The number of nitro groups is 1. The number of carbonyl (C=O) groups excluding carboxylic acids is 2. The summed E-state index contributed by atoms with van der Waals surface area (Å²) in [6.45, 7) is 5.45. The molecule has 2 heterocycles. The van der Waals surface area contributed by atoms with Gasteiger partial charge in [0.25, 0.3) is 5.69 Å². The third kappa shape index (κ3) is 6.73. The van der Waals surface area contributed by atoms with Gasteiger partial charge in [-0.2, -0.15) is 5.10 Å². The lowest BCUT2D eigenvalue weighted by Crippen LogP contribution is -2.37. The molecule has 0 spiro atoms. The van der Waals surface area contributed by atoms with Gasteiger partial charge in [0.2, 0.25) is 5.13 Å². The van der Waals surface area contributed by atoms with Gasteiger partial charge in [-0.3, -0.25) is 25.1 Å². The van der Waals surface area contributed by atoms with E-state index in [1.807, 2.05) is 0 Å². The lowest BCUT2D eigenvalue weighted by molar-refractivity contribution is -0.384. The monoisotopic (exact) mass is 489 g/mol. The average molecular weight is 490 g/mol. The molecular weight excluding hydrogens is 462 g/mol. The van der Waals surface area contributed by atoms with Crippen molar-refractivity contribution in [1.82, 2.24) is 4.98 Å². The molecular formula is C22H27N5O6S. The van der Waals surface area contributed by atoms with E-state index in [0.717, 1.165) is 5.69 Å². The summed E-state index contributed by atoms with van der Waals surface area (Å²) in [6.07, 6.45) is 2.87. The van der Waals surface area contributed by atoms with E-state index in [9.17, 15) is 19.7 Å². The maximum absolute atomic E-state index is 12.0. The van der Waals surface area contributed by atoms with Crippen LogP contribution < -0.4 is 10.3 Å². The number of nitro benzene ring substituents is 1. The highest BCUT2D eigenvalue weighted by Gasteiger charge is 2.27. The average Bonchev–Trinajstić information content (AvgIpc) is 3.26. The van der Waals surface area contributed by atoms with Crippen LogP contribution in [0.5, 0.6) is 0 Å². The van der Waals surface area contributed by atoms with E-state index in [-0.39, 0.29) is 30.0 Å². The van der Waals surface area contributed by atoms with Crippen LogP contribution in [0.15, 0.2) is 28.7 Å². The predicted octanol–water partition coefficient (Wildman–Crippen LogP) is 3.38. The molecule has 1 aromatic heterocycles. The van der Waals surface area contributed by atoms with Gasteiger partial charge in [-0.1, -0.05) is 0 Å². The quantitative estimate of drug-likeness (QED) is 0.230. The Labute approximate surface area is 200 Å². The van der Waals surface area contributed by atoms with Crippen molar-refractivity contribution in [2.75, 3.05) is 36.6 Å². The second-order valence-electron chi connectivity index (χ2n) is 7.51. The Balaban J connectivity index is 1.70. The number of ether oxygens (including phenoxy) is 2. The van der Waals surface area contributed by atoms with Gasteiger partial charge in [-0.15, -0.1) is 11.3 Å². The molecule has 12 heteroatoms. The molecule has 1 fully saturated rings. The van der Waals surface area contributed by atoms with Crippen molar-refractivity contribution in [1.29, 1.82) is 0 Å². The number of benzene rings is 1. The molecule has 34 heavy (non-hydrogen) atoms. The first kappa shape index (κ1) is 25.1. The molecule has 11 nitrogen and oxygen atoms in total. The summed E-state index contributed by atoms with van der Waals surface area (Å²) in [6, 6.07) is 4.62. The Morgan fingerprint density at radius 1 is 1.29 bits per heavy atom. The fraction of sp³-hybridized carbons (Fsp3) is 0.455. The third-order valence-electron chi connectivity index (χ3n) is 5.22. The molecule has 1 saturated heterocycles. The molecule has 3 rings (SSSR count). The maximum atomic E-state index is 12.0. The van der Waals surface area contributed by atoms with Crippen molar-refractivity contribution in [2.45, 2.75) is 33.1 Å². The zero-order valence-electron chi connectivity index (χ0n) is 19.1. The summed E-state index contributed by atoms with van der Waals surface area (Å²) in [5, 5.41) is 17.7. The SMILES string of the molecule is CCOC(=O)Cc1csc(NN=Cc2cc([N+](=O)[O-])ccc2N2CCC(C(=O)OCC)CC2)n1. The molecule has 0 bridgehead atoms. The van der Waals surface area contributed by atoms with Crippen LogP contribution in [-0.2, 0) is 25.5 Å². The van der Waals surface area contributed by atoms with Gasteiger partial charge in [-0.05, 0) is 32.8 Å². The molecule has 0 aliphatic carbocycles. The molecule has 0 saturated carbocycles. The number of anilines is 2. The normalized spacial score (nSPS) is 14.2. The fourth-order valence-corrected chi connectivity index (χ4v) is 4.28. The first-order chi connectivity index (χ1) is 16.4. The van der Waals surface area contributed by atoms with Crippen molar-refractivity contribution in [3.63, 3.8) is 0 Å². The van der Waals surface area contributed by atoms with Crippen LogP contribution in [-0.4, -0.2) is 54.4 Å². The highest BCUT2D eigenvalue weighted by atomic mass is 32.1. The molecule has 2 aromatic rings. The Hall–Kier alpha value is -3.54. The van der Waals surface area contributed by atoms with Gasteiger partial charge in [0.15, 0.2) is 0 Å². The minimum absolute atomic E-state index is 0.0439. The predicted molar refractivity (Wildman–Crippen MR) is 128 cm³/mol. The van der Waals surface area contributed by atoms with Crippen LogP contribution in [0.2, 0.25) is 0 Å². The molecule has 0 atom stereocenters. The van der Waals surface area contributed by atoms with E-state index in [2.05, 4.69) is 20.4 Å². The summed E-state index contributed by atoms with van der Waals surface area (Å²) >= 11 is 1.29. The topological polar surface area (TPSA) is 136 Å². The van der Waals surface area contributed by atoms with Gasteiger partial charge in [0, 0.05) is 41.9 Å². The highest BCUT2D eigenvalue weighted by Crippen LogP contribution is 2.29. The van der Waals surface area contributed by atoms with Crippen molar-refractivity contribution < 1.29 is 24.0 Å². The molecule has 1 aliphatic rings. The molecule has 1 N–H and O–H groups in total. The number of hydrogen-bond acceptors (Lipinski definition) is 11. The third-order valence-corrected chi connectivity index (χ3v) is 6.02. The summed E-state index contributed by atoms with van der Waals surface area (Å²) in [5.41, 5.74) is 4.70. The van der Waals surface area contributed by atoms with Gasteiger partial charge in [0.1, 0.15) is 0 Å². The summed E-state index contributed by atoms with van der Waals surface area (Å²) < 4.78 is 10.0. The number of carbonyl (C=O) groups is 2. The lowest BCUT2D eigenvalue weighted by Gasteiger charge is -2.33. The number of non-ortho nitro benzene ring substituents is 1. The molecule has 0 radical (unpaired) electrons. The maximum Gasteiger partial charge on any atom is 0.311 e. The minimum Gasteiger partial charge on any atom is -0.466 e. The standard InChI is InChI=1S/C22H27N5O6S/c1-3-32-20(28)12-17-14-34-22(24-17)25-23-13-16-11-18(27(30)31)5-6-19(16)26-9-7-15(8-10-26)21(29)33-4-2/h5-6,11,13-15H,3-4,7-10,12H2,1-2H3,(H,24,25). The Kier molecular flexibility index (Phi) is 8.91.